The third-order valence-corrected chi connectivity index (χ3v) is 2.85. The normalized spacial score (nSPS) is 13.9. The maximum absolute atomic E-state index is 5.59. The number of unbranched alkanes of at least 4 members (excludes halogenated alkanes) is 3. The number of hydrogen-bond acceptors (Lipinski definition) is 2. The second-order valence-corrected chi connectivity index (χ2v) is 4.94. The summed E-state index contributed by atoms with van der Waals surface area (Å²) in [6.45, 7) is 6.71. The minimum absolute atomic E-state index is 0.134. The molecule has 0 radical (unpaired) electrons. The van der Waals surface area contributed by atoms with Gasteiger partial charge in [0, 0.05) is 0 Å². The fourth-order valence-electron chi connectivity index (χ4n) is 1.56. The summed E-state index contributed by atoms with van der Waals surface area (Å²) in [5.41, 5.74) is 11.2. The molecule has 0 amide bonds. The molecule has 2 nitrogen and oxygen atoms in total. The average molecular weight is 200 g/mol. The van der Waals surface area contributed by atoms with Gasteiger partial charge < -0.3 is 11.5 Å². The molecule has 1 unspecified atom stereocenters. The first kappa shape index (κ1) is 13.9. The molecule has 0 fully saturated rings. The first-order valence-electron chi connectivity index (χ1n) is 6.05. The SMILES string of the molecule is CC(C)CCCCCCC(C)C(N)N. The average Bonchev–Trinajstić information content (AvgIpc) is 2.09. The summed E-state index contributed by atoms with van der Waals surface area (Å²) >= 11 is 0. The van der Waals surface area contributed by atoms with E-state index >= 15 is 0 Å². The Kier molecular flexibility index (Phi) is 8.20. The van der Waals surface area contributed by atoms with Crippen molar-refractivity contribution in [3.63, 3.8) is 0 Å². The Morgan fingerprint density at radius 1 is 0.786 bits per heavy atom. The van der Waals surface area contributed by atoms with Crippen molar-refractivity contribution in [3.8, 4) is 0 Å². The molecule has 0 aromatic rings. The maximum atomic E-state index is 5.59. The Labute approximate surface area is 89.4 Å². The summed E-state index contributed by atoms with van der Waals surface area (Å²) in [4.78, 5) is 0. The van der Waals surface area contributed by atoms with E-state index < -0.39 is 0 Å². The van der Waals surface area contributed by atoms with Gasteiger partial charge in [-0.3, -0.25) is 0 Å². The Morgan fingerprint density at radius 3 is 1.71 bits per heavy atom. The van der Waals surface area contributed by atoms with Gasteiger partial charge in [-0.25, -0.2) is 0 Å². The van der Waals surface area contributed by atoms with Crippen molar-refractivity contribution >= 4 is 0 Å². The van der Waals surface area contributed by atoms with Crippen LogP contribution in [0.3, 0.4) is 0 Å². The van der Waals surface area contributed by atoms with Crippen LogP contribution in [-0.4, -0.2) is 6.17 Å². The molecule has 0 aliphatic heterocycles. The van der Waals surface area contributed by atoms with Crippen molar-refractivity contribution in [2.24, 2.45) is 23.3 Å². The van der Waals surface area contributed by atoms with Crippen LogP contribution >= 0.6 is 0 Å². The van der Waals surface area contributed by atoms with Gasteiger partial charge in [0.1, 0.15) is 0 Å². The van der Waals surface area contributed by atoms with Gasteiger partial charge in [0.2, 0.25) is 0 Å². The zero-order chi connectivity index (χ0) is 11.0. The summed E-state index contributed by atoms with van der Waals surface area (Å²) in [7, 11) is 0. The molecule has 4 N–H and O–H groups in total. The molecule has 14 heavy (non-hydrogen) atoms. The van der Waals surface area contributed by atoms with Crippen LogP contribution in [0.1, 0.15) is 59.3 Å². The van der Waals surface area contributed by atoms with Crippen LogP contribution in [0.25, 0.3) is 0 Å². The highest BCUT2D eigenvalue weighted by Crippen LogP contribution is 2.13. The van der Waals surface area contributed by atoms with Gasteiger partial charge in [0.05, 0.1) is 6.17 Å². The van der Waals surface area contributed by atoms with E-state index in [-0.39, 0.29) is 6.17 Å². The lowest BCUT2D eigenvalue weighted by molar-refractivity contribution is 0.409. The highest BCUT2D eigenvalue weighted by molar-refractivity contribution is 4.62. The van der Waals surface area contributed by atoms with Crippen LogP contribution in [0.4, 0.5) is 0 Å². The lowest BCUT2D eigenvalue weighted by atomic mass is 9.99. The molecule has 2 heteroatoms. The van der Waals surface area contributed by atoms with Crippen molar-refractivity contribution in [3.05, 3.63) is 0 Å². The summed E-state index contributed by atoms with van der Waals surface area (Å²) in [5.74, 6) is 1.33. The Balaban J connectivity index is 3.13. The third-order valence-electron chi connectivity index (χ3n) is 2.85. The zero-order valence-corrected chi connectivity index (χ0v) is 10.1. The minimum Gasteiger partial charge on any atom is -0.316 e. The molecule has 0 aromatic carbocycles. The quantitative estimate of drug-likeness (QED) is 0.467. The molecule has 0 rings (SSSR count). The summed E-state index contributed by atoms with van der Waals surface area (Å²) in [5, 5.41) is 0. The van der Waals surface area contributed by atoms with E-state index in [0.29, 0.717) is 5.92 Å². The Hall–Kier alpha value is -0.0800. The van der Waals surface area contributed by atoms with Gasteiger partial charge in [0.25, 0.3) is 0 Å². The van der Waals surface area contributed by atoms with Crippen LogP contribution in [0.15, 0.2) is 0 Å². The molecule has 0 saturated heterocycles. The fraction of sp³-hybridized carbons (Fsp3) is 1.00. The van der Waals surface area contributed by atoms with E-state index in [9.17, 15) is 0 Å². The van der Waals surface area contributed by atoms with Crippen molar-refractivity contribution < 1.29 is 0 Å². The van der Waals surface area contributed by atoms with E-state index in [1.807, 2.05) is 0 Å². The Morgan fingerprint density at radius 2 is 1.29 bits per heavy atom. The summed E-state index contributed by atoms with van der Waals surface area (Å²) < 4.78 is 0. The molecule has 86 valence electrons. The molecule has 0 aromatic heterocycles. The van der Waals surface area contributed by atoms with E-state index in [2.05, 4.69) is 20.8 Å². The highest BCUT2D eigenvalue weighted by atomic mass is 14.9. The third kappa shape index (κ3) is 8.52. The zero-order valence-electron chi connectivity index (χ0n) is 10.1. The molecule has 0 aliphatic carbocycles. The molecule has 0 spiro atoms. The molecule has 0 saturated carbocycles. The summed E-state index contributed by atoms with van der Waals surface area (Å²) in [6.07, 6.45) is 7.77. The van der Waals surface area contributed by atoms with E-state index in [0.717, 1.165) is 5.92 Å². The standard InChI is InChI=1S/C12H28N2/c1-10(2)8-6-4-5-7-9-11(3)12(13)14/h10-12H,4-9,13-14H2,1-3H3. The van der Waals surface area contributed by atoms with Crippen LogP contribution in [0.5, 0.6) is 0 Å². The molecular weight excluding hydrogens is 172 g/mol. The molecule has 0 aliphatic rings. The topological polar surface area (TPSA) is 52.0 Å². The molecular formula is C12H28N2. The monoisotopic (exact) mass is 200 g/mol. The van der Waals surface area contributed by atoms with Gasteiger partial charge in [0.15, 0.2) is 0 Å². The number of hydrogen-bond donors (Lipinski definition) is 2. The minimum atomic E-state index is -0.134. The first-order chi connectivity index (χ1) is 6.54. The number of rotatable bonds is 8. The second kappa shape index (κ2) is 8.25. The van der Waals surface area contributed by atoms with Crippen molar-refractivity contribution in [2.75, 3.05) is 0 Å². The second-order valence-electron chi connectivity index (χ2n) is 4.94. The molecule has 0 heterocycles. The lowest BCUT2D eigenvalue weighted by Gasteiger charge is -2.14. The van der Waals surface area contributed by atoms with Gasteiger partial charge in [-0.2, -0.15) is 0 Å². The van der Waals surface area contributed by atoms with Crippen LogP contribution in [0, 0.1) is 11.8 Å². The van der Waals surface area contributed by atoms with Gasteiger partial charge in [-0.05, 0) is 18.3 Å². The fourth-order valence-corrected chi connectivity index (χ4v) is 1.56. The van der Waals surface area contributed by atoms with Crippen LogP contribution in [-0.2, 0) is 0 Å². The van der Waals surface area contributed by atoms with Gasteiger partial charge in [-0.15, -0.1) is 0 Å². The van der Waals surface area contributed by atoms with Crippen molar-refractivity contribution in [2.45, 2.75) is 65.5 Å². The lowest BCUT2D eigenvalue weighted by Crippen LogP contribution is -2.37. The Bertz CT molecular complexity index is 121. The predicted octanol–water partition coefficient (Wildman–Crippen LogP) is 2.86. The van der Waals surface area contributed by atoms with Crippen molar-refractivity contribution in [1.29, 1.82) is 0 Å². The van der Waals surface area contributed by atoms with E-state index in [1.165, 1.54) is 38.5 Å². The van der Waals surface area contributed by atoms with Gasteiger partial charge >= 0.3 is 0 Å². The van der Waals surface area contributed by atoms with Crippen LogP contribution in [0.2, 0.25) is 0 Å². The number of nitrogens with two attached hydrogens (primary N) is 2. The van der Waals surface area contributed by atoms with E-state index in [4.69, 9.17) is 11.5 Å². The smallest absolute Gasteiger partial charge is 0.0547 e. The highest BCUT2D eigenvalue weighted by Gasteiger charge is 2.06. The van der Waals surface area contributed by atoms with Crippen LogP contribution < -0.4 is 11.5 Å². The predicted molar refractivity (Wildman–Crippen MR) is 63.9 cm³/mol. The van der Waals surface area contributed by atoms with Gasteiger partial charge in [-0.1, -0.05) is 52.9 Å². The molecule has 0 bridgehead atoms. The summed E-state index contributed by atoms with van der Waals surface area (Å²) in [6, 6.07) is 0. The largest absolute Gasteiger partial charge is 0.316 e. The first-order valence-corrected chi connectivity index (χ1v) is 6.05. The van der Waals surface area contributed by atoms with E-state index in [1.54, 1.807) is 0 Å². The molecule has 1 atom stereocenters. The van der Waals surface area contributed by atoms with Crippen molar-refractivity contribution in [1.82, 2.24) is 0 Å². The maximum Gasteiger partial charge on any atom is 0.0547 e.